The van der Waals surface area contributed by atoms with E-state index in [4.69, 9.17) is 10.0 Å². The van der Waals surface area contributed by atoms with Crippen LogP contribution in [0.4, 0.5) is 0 Å². The normalized spacial score (nSPS) is 21.4. The second-order valence-corrected chi connectivity index (χ2v) is 7.06. The second kappa shape index (κ2) is 6.15. The lowest BCUT2D eigenvalue weighted by atomic mass is 10.2. The summed E-state index contributed by atoms with van der Waals surface area (Å²) in [5.74, 6) is 0.124. The summed E-state index contributed by atoms with van der Waals surface area (Å²) >= 11 is 0. The molecule has 0 radical (unpaired) electrons. The van der Waals surface area contributed by atoms with Crippen LogP contribution in [-0.2, 0) is 13.9 Å². The molecule has 18 heavy (non-hydrogen) atoms. The van der Waals surface area contributed by atoms with Crippen molar-refractivity contribution in [3.63, 3.8) is 0 Å². The van der Waals surface area contributed by atoms with Crippen LogP contribution in [0.3, 0.4) is 0 Å². The third-order valence-corrected chi connectivity index (χ3v) is 4.73. The number of hydrogen-bond acceptors (Lipinski definition) is 3. The van der Waals surface area contributed by atoms with Crippen LogP contribution in [-0.4, -0.2) is 47.8 Å². The van der Waals surface area contributed by atoms with Crippen molar-refractivity contribution >= 4 is 13.6 Å². The summed E-state index contributed by atoms with van der Waals surface area (Å²) in [6.45, 7) is 9.47. The van der Waals surface area contributed by atoms with E-state index in [1.807, 2.05) is 13.8 Å². The van der Waals surface area contributed by atoms with Gasteiger partial charge in [-0.15, -0.1) is 0 Å². The highest BCUT2D eigenvalue weighted by atomic mass is 31.2. The van der Waals surface area contributed by atoms with Crippen LogP contribution >= 0.6 is 7.67 Å². The summed E-state index contributed by atoms with van der Waals surface area (Å²) in [4.78, 5) is 13.6. The quantitative estimate of drug-likeness (QED) is 0.783. The van der Waals surface area contributed by atoms with E-state index in [1.54, 1.807) is 23.4 Å². The van der Waals surface area contributed by atoms with Gasteiger partial charge < -0.3 is 9.42 Å². The fraction of sp³-hybridized carbons (Fsp3) is 0.909. The van der Waals surface area contributed by atoms with E-state index in [0.29, 0.717) is 26.2 Å². The van der Waals surface area contributed by atoms with Crippen LogP contribution in [0.5, 0.6) is 0 Å². The summed E-state index contributed by atoms with van der Waals surface area (Å²) in [6, 6.07) is 0. The Morgan fingerprint density at radius 3 is 2.06 bits per heavy atom. The van der Waals surface area contributed by atoms with Gasteiger partial charge in [0.25, 0.3) is 0 Å². The van der Waals surface area contributed by atoms with E-state index in [1.165, 1.54) is 0 Å². The number of rotatable bonds is 4. The number of carbonyl (C=O) groups excluding carboxylic acids is 1. The molecule has 1 fully saturated rings. The molecule has 0 spiro atoms. The van der Waals surface area contributed by atoms with E-state index < -0.39 is 7.67 Å². The van der Waals surface area contributed by atoms with Gasteiger partial charge in [0.05, 0.1) is 6.10 Å². The lowest BCUT2D eigenvalue weighted by Crippen LogP contribution is -2.49. The Morgan fingerprint density at radius 2 is 1.67 bits per heavy atom. The van der Waals surface area contributed by atoms with Gasteiger partial charge in [-0.05, 0) is 13.8 Å². The van der Waals surface area contributed by atoms with Crippen molar-refractivity contribution in [2.24, 2.45) is 11.4 Å². The third kappa shape index (κ3) is 4.05. The van der Waals surface area contributed by atoms with Gasteiger partial charge in [0.2, 0.25) is 5.91 Å². The predicted octanol–water partition coefficient (Wildman–Crippen LogP) is 1.28. The number of carbonyl (C=O) groups is 1. The van der Waals surface area contributed by atoms with Crippen molar-refractivity contribution in [2.75, 3.05) is 26.2 Å². The van der Waals surface area contributed by atoms with Crippen molar-refractivity contribution in [3.8, 4) is 0 Å². The fourth-order valence-corrected chi connectivity index (χ4v) is 3.40. The molecule has 1 amide bonds. The molecule has 0 aromatic carbocycles. The molecule has 6 nitrogen and oxygen atoms in total. The molecule has 0 aromatic heterocycles. The van der Waals surface area contributed by atoms with Gasteiger partial charge in [-0.3, -0.25) is 9.36 Å². The fourth-order valence-electron chi connectivity index (χ4n) is 1.93. The Labute approximate surface area is 109 Å². The van der Waals surface area contributed by atoms with Crippen LogP contribution in [0, 0.1) is 5.92 Å². The molecule has 2 N–H and O–H groups in total. The molecule has 1 rings (SSSR count). The van der Waals surface area contributed by atoms with E-state index in [2.05, 4.69) is 0 Å². The zero-order valence-corrected chi connectivity index (χ0v) is 12.5. The number of nitrogens with two attached hydrogens (primary N) is 1. The summed E-state index contributed by atoms with van der Waals surface area (Å²) in [6.07, 6.45) is -0.170. The highest BCUT2D eigenvalue weighted by molar-refractivity contribution is 7.53. The minimum Gasteiger partial charge on any atom is -0.340 e. The maximum atomic E-state index is 12.2. The largest absolute Gasteiger partial charge is 0.341 e. The first-order valence-electron chi connectivity index (χ1n) is 6.35. The van der Waals surface area contributed by atoms with Gasteiger partial charge in [0.15, 0.2) is 0 Å². The monoisotopic (exact) mass is 277 g/mol. The maximum absolute atomic E-state index is 12.2. The number of nitrogens with zero attached hydrogens (tertiary/aromatic N) is 2. The topological polar surface area (TPSA) is 75.9 Å². The van der Waals surface area contributed by atoms with Crippen molar-refractivity contribution < 1.29 is 13.9 Å². The standard InChI is InChI=1S/C11H24N3O3P/c1-9(2)11(15)13-5-7-14(8-6-13)18(12,16)17-10(3)4/h9-10H,5-8H2,1-4H3,(H2,12,16). The van der Waals surface area contributed by atoms with E-state index >= 15 is 0 Å². The molecule has 1 aliphatic rings. The number of piperazine rings is 1. The van der Waals surface area contributed by atoms with Crippen LogP contribution < -0.4 is 5.50 Å². The minimum absolute atomic E-state index is 0.00635. The zero-order valence-electron chi connectivity index (χ0n) is 11.6. The Balaban J connectivity index is 2.54. The molecule has 1 aliphatic heterocycles. The van der Waals surface area contributed by atoms with Crippen molar-refractivity contribution in [2.45, 2.75) is 33.8 Å². The third-order valence-electron chi connectivity index (χ3n) is 2.82. The Morgan fingerprint density at radius 1 is 1.17 bits per heavy atom. The van der Waals surface area contributed by atoms with E-state index in [-0.39, 0.29) is 17.9 Å². The molecular weight excluding hydrogens is 253 g/mol. The minimum atomic E-state index is -3.21. The molecule has 1 saturated heterocycles. The molecule has 0 aromatic rings. The van der Waals surface area contributed by atoms with Gasteiger partial charge in [-0.25, -0.2) is 10.2 Å². The molecular formula is C11H24N3O3P. The van der Waals surface area contributed by atoms with Gasteiger partial charge in [0, 0.05) is 32.1 Å². The van der Waals surface area contributed by atoms with Crippen molar-refractivity contribution in [3.05, 3.63) is 0 Å². The first kappa shape index (κ1) is 15.6. The number of hydrogen-bond donors (Lipinski definition) is 1. The Kier molecular flexibility index (Phi) is 5.34. The van der Waals surface area contributed by atoms with Crippen molar-refractivity contribution in [1.29, 1.82) is 0 Å². The Hall–Kier alpha value is -0.420. The van der Waals surface area contributed by atoms with Gasteiger partial charge in [0.1, 0.15) is 0 Å². The van der Waals surface area contributed by atoms with Crippen LogP contribution in [0.15, 0.2) is 0 Å². The van der Waals surface area contributed by atoms with Gasteiger partial charge in [-0.1, -0.05) is 13.8 Å². The highest BCUT2D eigenvalue weighted by Gasteiger charge is 2.33. The predicted molar refractivity (Wildman–Crippen MR) is 71.0 cm³/mol. The molecule has 0 bridgehead atoms. The van der Waals surface area contributed by atoms with Gasteiger partial charge in [-0.2, -0.15) is 0 Å². The molecule has 106 valence electrons. The lowest BCUT2D eigenvalue weighted by molar-refractivity contribution is -0.135. The van der Waals surface area contributed by atoms with E-state index in [9.17, 15) is 9.36 Å². The molecule has 0 aliphatic carbocycles. The molecule has 7 heteroatoms. The SMILES string of the molecule is CC(C)OP(N)(=O)N1CCN(C(=O)C(C)C)CC1. The van der Waals surface area contributed by atoms with E-state index in [0.717, 1.165) is 0 Å². The average molecular weight is 277 g/mol. The Bertz CT molecular complexity index is 338. The highest BCUT2D eigenvalue weighted by Crippen LogP contribution is 2.44. The van der Waals surface area contributed by atoms with Crippen LogP contribution in [0.1, 0.15) is 27.7 Å². The average Bonchev–Trinajstić information content (AvgIpc) is 2.26. The molecule has 1 atom stereocenters. The first-order chi connectivity index (χ1) is 8.24. The summed E-state index contributed by atoms with van der Waals surface area (Å²) in [5, 5.41) is 0. The van der Waals surface area contributed by atoms with Gasteiger partial charge >= 0.3 is 7.67 Å². The second-order valence-electron chi connectivity index (χ2n) is 5.15. The maximum Gasteiger partial charge on any atom is 0.341 e. The molecule has 1 heterocycles. The smallest absolute Gasteiger partial charge is 0.340 e. The molecule has 1 unspecified atom stereocenters. The summed E-state index contributed by atoms with van der Waals surface area (Å²) in [7, 11) is -3.21. The lowest BCUT2D eigenvalue weighted by Gasteiger charge is -2.37. The first-order valence-corrected chi connectivity index (χ1v) is 8.00. The summed E-state index contributed by atoms with van der Waals surface area (Å²) < 4.78 is 19.1. The zero-order chi connectivity index (χ0) is 13.9. The van der Waals surface area contributed by atoms with Crippen LogP contribution in [0.25, 0.3) is 0 Å². The molecule has 0 saturated carbocycles. The summed E-state index contributed by atoms with van der Waals surface area (Å²) in [5.41, 5.74) is 5.73. The van der Waals surface area contributed by atoms with Crippen LogP contribution in [0.2, 0.25) is 0 Å². The number of amides is 1. The van der Waals surface area contributed by atoms with Crippen molar-refractivity contribution in [1.82, 2.24) is 9.57 Å².